The van der Waals surface area contributed by atoms with Crippen LogP contribution in [0, 0.1) is 13.8 Å². The molecule has 1 heterocycles. The summed E-state index contributed by atoms with van der Waals surface area (Å²) in [6.07, 6.45) is 0. The number of thiocarbonyl (C=S) groups is 1. The van der Waals surface area contributed by atoms with Crippen molar-refractivity contribution >= 4 is 51.2 Å². The molecule has 0 atom stereocenters. The molecule has 0 aliphatic rings. The van der Waals surface area contributed by atoms with Crippen LogP contribution in [0.15, 0.2) is 18.2 Å². The number of esters is 1. The predicted molar refractivity (Wildman–Crippen MR) is 125 cm³/mol. The fraction of sp³-hybridized carbons (Fsp3) is 0.381. The number of hydrogen-bond acceptors (Lipinski definition) is 6. The highest BCUT2D eigenvalue weighted by Crippen LogP contribution is 2.35. The first-order valence-electron chi connectivity index (χ1n) is 9.50. The molecule has 162 valence electrons. The van der Waals surface area contributed by atoms with Crippen molar-refractivity contribution in [3.05, 3.63) is 39.8 Å². The standard InChI is InChI=1S/C21H27N3O4S2/c1-7-24(8-2)19(25)17-13(4)16(20(26)28-6)18(30-17)23-21(29)22-14-11-12(3)9-10-15(14)27-5/h9-11H,7-8H2,1-6H3,(H2,22,23,29). The average molecular weight is 450 g/mol. The third kappa shape index (κ3) is 5.09. The van der Waals surface area contributed by atoms with E-state index < -0.39 is 5.97 Å². The van der Waals surface area contributed by atoms with Gasteiger partial charge in [-0.05, 0) is 63.2 Å². The average Bonchev–Trinajstić information content (AvgIpc) is 3.04. The second-order valence-electron chi connectivity index (χ2n) is 6.51. The highest BCUT2D eigenvalue weighted by atomic mass is 32.1. The first-order chi connectivity index (χ1) is 14.3. The number of carbonyl (C=O) groups is 2. The fourth-order valence-electron chi connectivity index (χ4n) is 2.98. The second-order valence-corrected chi connectivity index (χ2v) is 7.94. The number of anilines is 2. The van der Waals surface area contributed by atoms with E-state index in [9.17, 15) is 9.59 Å². The lowest BCUT2D eigenvalue weighted by molar-refractivity contribution is 0.0601. The Morgan fingerprint density at radius 2 is 1.80 bits per heavy atom. The zero-order valence-electron chi connectivity index (χ0n) is 18.0. The maximum Gasteiger partial charge on any atom is 0.341 e. The second kappa shape index (κ2) is 10.4. The van der Waals surface area contributed by atoms with Crippen LogP contribution in [0.5, 0.6) is 5.75 Å². The third-order valence-corrected chi connectivity index (χ3v) is 6.01. The van der Waals surface area contributed by atoms with Gasteiger partial charge < -0.3 is 25.0 Å². The van der Waals surface area contributed by atoms with Crippen molar-refractivity contribution in [2.24, 2.45) is 0 Å². The molecule has 1 aromatic carbocycles. The number of ether oxygens (including phenoxy) is 2. The van der Waals surface area contributed by atoms with Gasteiger partial charge in [0.05, 0.1) is 30.3 Å². The molecule has 2 aromatic rings. The largest absolute Gasteiger partial charge is 0.495 e. The number of hydrogen-bond donors (Lipinski definition) is 2. The minimum absolute atomic E-state index is 0.125. The van der Waals surface area contributed by atoms with Gasteiger partial charge in [0.1, 0.15) is 10.8 Å². The molecule has 0 spiro atoms. The highest BCUT2D eigenvalue weighted by Gasteiger charge is 2.27. The normalized spacial score (nSPS) is 10.3. The quantitative estimate of drug-likeness (QED) is 0.477. The molecule has 0 saturated heterocycles. The number of methoxy groups -OCH3 is 2. The Labute approximate surface area is 186 Å². The van der Waals surface area contributed by atoms with Crippen molar-refractivity contribution in [2.75, 3.05) is 37.9 Å². The Balaban J connectivity index is 2.37. The highest BCUT2D eigenvalue weighted by molar-refractivity contribution is 7.80. The molecule has 0 saturated carbocycles. The summed E-state index contributed by atoms with van der Waals surface area (Å²) in [6, 6.07) is 5.68. The summed E-state index contributed by atoms with van der Waals surface area (Å²) in [5, 5.41) is 6.87. The van der Waals surface area contributed by atoms with Gasteiger partial charge in [0.2, 0.25) is 0 Å². The number of nitrogens with one attached hydrogen (secondary N) is 2. The number of thiophene rings is 1. The third-order valence-electron chi connectivity index (χ3n) is 4.61. The van der Waals surface area contributed by atoms with E-state index in [0.29, 0.717) is 45.5 Å². The van der Waals surface area contributed by atoms with E-state index in [4.69, 9.17) is 21.7 Å². The van der Waals surface area contributed by atoms with Crippen LogP contribution in [0.3, 0.4) is 0 Å². The van der Waals surface area contributed by atoms with Gasteiger partial charge in [-0.15, -0.1) is 11.3 Å². The molecule has 30 heavy (non-hydrogen) atoms. The lowest BCUT2D eigenvalue weighted by atomic mass is 10.1. The Morgan fingerprint density at radius 1 is 1.13 bits per heavy atom. The fourth-order valence-corrected chi connectivity index (χ4v) is 4.43. The van der Waals surface area contributed by atoms with Crippen LogP contribution in [0.25, 0.3) is 0 Å². The van der Waals surface area contributed by atoms with Gasteiger partial charge in [-0.1, -0.05) is 6.07 Å². The molecule has 0 aliphatic carbocycles. The van der Waals surface area contributed by atoms with Gasteiger partial charge >= 0.3 is 5.97 Å². The molecular formula is C21H27N3O4S2. The van der Waals surface area contributed by atoms with Crippen molar-refractivity contribution in [3.63, 3.8) is 0 Å². The van der Waals surface area contributed by atoms with Crippen molar-refractivity contribution < 1.29 is 19.1 Å². The zero-order valence-corrected chi connectivity index (χ0v) is 19.7. The lowest BCUT2D eigenvalue weighted by Gasteiger charge is -2.18. The van der Waals surface area contributed by atoms with Crippen molar-refractivity contribution in [3.8, 4) is 5.75 Å². The first-order valence-corrected chi connectivity index (χ1v) is 10.7. The molecule has 0 fully saturated rings. The molecule has 9 heteroatoms. The lowest BCUT2D eigenvalue weighted by Crippen LogP contribution is -2.30. The summed E-state index contributed by atoms with van der Waals surface area (Å²) in [7, 11) is 2.89. The van der Waals surface area contributed by atoms with Crippen LogP contribution in [0.4, 0.5) is 10.7 Å². The predicted octanol–water partition coefficient (Wildman–Crippen LogP) is 4.45. The summed E-state index contributed by atoms with van der Waals surface area (Å²) in [6.45, 7) is 8.69. The van der Waals surface area contributed by atoms with E-state index >= 15 is 0 Å². The topological polar surface area (TPSA) is 79.9 Å². The Hall–Kier alpha value is -2.65. The van der Waals surface area contributed by atoms with Gasteiger partial charge in [-0.25, -0.2) is 4.79 Å². The molecular weight excluding hydrogens is 422 g/mol. The number of benzene rings is 1. The Bertz CT molecular complexity index is 952. The van der Waals surface area contributed by atoms with Gasteiger partial charge in [-0.3, -0.25) is 4.79 Å². The molecule has 0 unspecified atom stereocenters. The Morgan fingerprint density at radius 3 is 2.37 bits per heavy atom. The number of carbonyl (C=O) groups excluding carboxylic acids is 2. The minimum Gasteiger partial charge on any atom is -0.495 e. The summed E-state index contributed by atoms with van der Waals surface area (Å²) in [5.41, 5.74) is 2.61. The van der Waals surface area contributed by atoms with E-state index in [0.717, 1.165) is 5.56 Å². The molecule has 7 nitrogen and oxygen atoms in total. The van der Waals surface area contributed by atoms with Gasteiger partial charge in [0.15, 0.2) is 5.11 Å². The van der Waals surface area contributed by atoms with Crippen LogP contribution in [-0.4, -0.2) is 49.2 Å². The maximum absolute atomic E-state index is 12.9. The van der Waals surface area contributed by atoms with Crippen LogP contribution >= 0.6 is 23.6 Å². The van der Waals surface area contributed by atoms with E-state index in [1.54, 1.807) is 18.9 Å². The van der Waals surface area contributed by atoms with Gasteiger partial charge in [0, 0.05) is 13.1 Å². The van der Waals surface area contributed by atoms with E-state index in [-0.39, 0.29) is 11.0 Å². The van der Waals surface area contributed by atoms with Crippen molar-refractivity contribution in [1.29, 1.82) is 0 Å². The van der Waals surface area contributed by atoms with Crippen LogP contribution < -0.4 is 15.4 Å². The maximum atomic E-state index is 12.9. The number of rotatable bonds is 7. The molecule has 0 bridgehead atoms. The zero-order chi connectivity index (χ0) is 22.4. The van der Waals surface area contributed by atoms with E-state index in [1.165, 1.54) is 18.4 Å². The molecule has 1 aromatic heterocycles. The molecule has 2 rings (SSSR count). The summed E-state index contributed by atoms with van der Waals surface area (Å²) < 4.78 is 10.3. The molecule has 2 N–H and O–H groups in total. The van der Waals surface area contributed by atoms with Crippen molar-refractivity contribution in [2.45, 2.75) is 27.7 Å². The number of nitrogens with zero attached hydrogens (tertiary/aromatic N) is 1. The minimum atomic E-state index is -0.527. The summed E-state index contributed by atoms with van der Waals surface area (Å²) >= 11 is 6.64. The summed E-state index contributed by atoms with van der Waals surface area (Å²) in [4.78, 5) is 27.5. The molecule has 0 radical (unpaired) electrons. The molecule has 0 aliphatic heterocycles. The monoisotopic (exact) mass is 449 g/mol. The Kier molecular flexibility index (Phi) is 8.19. The smallest absolute Gasteiger partial charge is 0.341 e. The van der Waals surface area contributed by atoms with E-state index in [2.05, 4.69) is 10.6 Å². The van der Waals surface area contributed by atoms with Crippen LogP contribution in [0.2, 0.25) is 0 Å². The van der Waals surface area contributed by atoms with Crippen LogP contribution in [0.1, 0.15) is 45.0 Å². The molecule has 1 amide bonds. The van der Waals surface area contributed by atoms with E-state index in [1.807, 2.05) is 39.0 Å². The first kappa shape index (κ1) is 23.6. The van der Waals surface area contributed by atoms with Crippen molar-refractivity contribution in [1.82, 2.24) is 4.90 Å². The van der Waals surface area contributed by atoms with Crippen LogP contribution in [-0.2, 0) is 4.74 Å². The SMILES string of the molecule is CCN(CC)C(=O)c1sc(NC(=S)Nc2cc(C)ccc2OC)c(C(=O)OC)c1C. The summed E-state index contributed by atoms with van der Waals surface area (Å²) in [5.74, 6) is -0.0154. The number of aryl methyl sites for hydroxylation is 1. The number of amides is 1. The van der Waals surface area contributed by atoms with Gasteiger partial charge in [-0.2, -0.15) is 0 Å². The van der Waals surface area contributed by atoms with Gasteiger partial charge in [0.25, 0.3) is 5.91 Å².